The van der Waals surface area contributed by atoms with Gasteiger partial charge in [0.1, 0.15) is 6.61 Å². The lowest BCUT2D eigenvalue weighted by molar-refractivity contribution is -0.125. The SMILES string of the molecule is O=C(CO)C1CCCC1. The van der Waals surface area contributed by atoms with Crippen molar-refractivity contribution in [2.45, 2.75) is 25.7 Å². The van der Waals surface area contributed by atoms with Gasteiger partial charge in [-0.1, -0.05) is 12.8 Å². The van der Waals surface area contributed by atoms with Crippen molar-refractivity contribution in [1.29, 1.82) is 0 Å². The van der Waals surface area contributed by atoms with Crippen molar-refractivity contribution in [3.8, 4) is 0 Å². The van der Waals surface area contributed by atoms with Crippen molar-refractivity contribution in [2.24, 2.45) is 5.92 Å². The zero-order valence-corrected chi connectivity index (χ0v) is 5.47. The molecule has 0 radical (unpaired) electrons. The van der Waals surface area contributed by atoms with E-state index in [1.807, 2.05) is 0 Å². The molecule has 0 aromatic carbocycles. The van der Waals surface area contributed by atoms with Gasteiger partial charge in [0.25, 0.3) is 0 Å². The molecular formula is C7H12O2. The van der Waals surface area contributed by atoms with Crippen molar-refractivity contribution in [1.82, 2.24) is 0 Å². The molecule has 0 unspecified atom stereocenters. The smallest absolute Gasteiger partial charge is 0.161 e. The highest BCUT2D eigenvalue weighted by atomic mass is 16.3. The van der Waals surface area contributed by atoms with E-state index in [4.69, 9.17) is 5.11 Å². The number of aliphatic hydroxyl groups is 1. The lowest BCUT2D eigenvalue weighted by atomic mass is 10.0. The summed E-state index contributed by atoms with van der Waals surface area (Å²) in [6, 6.07) is 0. The van der Waals surface area contributed by atoms with E-state index in [-0.39, 0.29) is 18.3 Å². The Morgan fingerprint density at radius 2 is 2.00 bits per heavy atom. The Morgan fingerprint density at radius 1 is 1.44 bits per heavy atom. The molecule has 0 amide bonds. The maximum absolute atomic E-state index is 10.8. The number of hydrogen-bond acceptors (Lipinski definition) is 2. The molecule has 0 aromatic rings. The third kappa shape index (κ3) is 1.52. The van der Waals surface area contributed by atoms with Gasteiger partial charge in [-0.05, 0) is 12.8 Å². The zero-order valence-electron chi connectivity index (χ0n) is 5.47. The third-order valence-corrected chi connectivity index (χ3v) is 1.97. The number of ketones is 1. The van der Waals surface area contributed by atoms with Gasteiger partial charge >= 0.3 is 0 Å². The molecule has 1 fully saturated rings. The second-order valence-electron chi connectivity index (χ2n) is 2.61. The van der Waals surface area contributed by atoms with Crippen molar-refractivity contribution in [2.75, 3.05) is 6.61 Å². The Morgan fingerprint density at radius 3 is 2.44 bits per heavy atom. The van der Waals surface area contributed by atoms with Crippen LogP contribution in [0, 0.1) is 5.92 Å². The first-order valence-corrected chi connectivity index (χ1v) is 3.48. The summed E-state index contributed by atoms with van der Waals surface area (Å²) < 4.78 is 0. The first-order chi connectivity index (χ1) is 4.34. The number of aliphatic hydroxyl groups excluding tert-OH is 1. The van der Waals surface area contributed by atoms with Crippen LogP contribution in [0.3, 0.4) is 0 Å². The maximum Gasteiger partial charge on any atom is 0.161 e. The van der Waals surface area contributed by atoms with Crippen molar-refractivity contribution < 1.29 is 9.90 Å². The zero-order chi connectivity index (χ0) is 6.69. The molecule has 2 heteroatoms. The molecule has 1 saturated carbocycles. The normalized spacial score (nSPS) is 20.6. The molecule has 1 aliphatic carbocycles. The van der Waals surface area contributed by atoms with E-state index in [2.05, 4.69) is 0 Å². The Bertz CT molecular complexity index is 103. The van der Waals surface area contributed by atoms with Crippen molar-refractivity contribution in [3.63, 3.8) is 0 Å². The van der Waals surface area contributed by atoms with Crippen LogP contribution in [-0.2, 0) is 4.79 Å². The fourth-order valence-electron chi connectivity index (χ4n) is 1.38. The summed E-state index contributed by atoms with van der Waals surface area (Å²) in [7, 11) is 0. The van der Waals surface area contributed by atoms with E-state index in [9.17, 15) is 4.79 Å². The van der Waals surface area contributed by atoms with Crippen LogP contribution in [0.4, 0.5) is 0 Å². The van der Waals surface area contributed by atoms with Gasteiger partial charge in [-0.25, -0.2) is 0 Å². The molecule has 0 heterocycles. The van der Waals surface area contributed by atoms with Crippen LogP contribution in [0.5, 0.6) is 0 Å². The highest BCUT2D eigenvalue weighted by Crippen LogP contribution is 2.24. The molecule has 0 bridgehead atoms. The lowest BCUT2D eigenvalue weighted by Crippen LogP contribution is -2.14. The van der Waals surface area contributed by atoms with Crippen LogP contribution in [-0.4, -0.2) is 17.5 Å². The van der Waals surface area contributed by atoms with Gasteiger partial charge in [-0.3, -0.25) is 4.79 Å². The number of hydrogen-bond donors (Lipinski definition) is 1. The summed E-state index contributed by atoms with van der Waals surface area (Å²) in [6.45, 7) is -0.259. The van der Waals surface area contributed by atoms with Gasteiger partial charge in [0.05, 0.1) is 0 Å². The van der Waals surface area contributed by atoms with Crippen LogP contribution in [0.2, 0.25) is 0 Å². The molecule has 52 valence electrons. The van der Waals surface area contributed by atoms with E-state index in [0.717, 1.165) is 25.7 Å². The van der Waals surface area contributed by atoms with E-state index < -0.39 is 0 Å². The average molecular weight is 128 g/mol. The minimum atomic E-state index is -0.259. The molecule has 0 atom stereocenters. The number of Topliss-reactive ketones (excluding diaryl/α,β-unsaturated/α-hetero) is 1. The fourth-order valence-corrected chi connectivity index (χ4v) is 1.38. The first kappa shape index (κ1) is 6.75. The predicted octanol–water partition coefficient (Wildman–Crippen LogP) is 0.738. The van der Waals surface area contributed by atoms with Gasteiger partial charge in [0.2, 0.25) is 0 Å². The number of carbonyl (C=O) groups is 1. The summed E-state index contributed by atoms with van der Waals surface area (Å²) in [5, 5.41) is 8.45. The minimum Gasteiger partial charge on any atom is -0.389 e. The van der Waals surface area contributed by atoms with Gasteiger partial charge in [-0.15, -0.1) is 0 Å². The topological polar surface area (TPSA) is 37.3 Å². The van der Waals surface area contributed by atoms with Crippen LogP contribution in [0.25, 0.3) is 0 Å². The molecule has 0 aliphatic heterocycles. The van der Waals surface area contributed by atoms with E-state index in [1.165, 1.54) is 0 Å². The first-order valence-electron chi connectivity index (χ1n) is 3.48. The largest absolute Gasteiger partial charge is 0.389 e. The van der Waals surface area contributed by atoms with Gasteiger partial charge < -0.3 is 5.11 Å². The Kier molecular flexibility index (Phi) is 2.22. The van der Waals surface area contributed by atoms with E-state index in [0.29, 0.717) is 0 Å². The summed E-state index contributed by atoms with van der Waals surface area (Å²) in [5.74, 6) is 0.225. The van der Waals surface area contributed by atoms with Crippen molar-refractivity contribution >= 4 is 5.78 Å². The second kappa shape index (κ2) is 2.97. The van der Waals surface area contributed by atoms with Gasteiger partial charge in [-0.2, -0.15) is 0 Å². The van der Waals surface area contributed by atoms with Crippen LogP contribution < -0.4 is 0 Å². The van der Waals surface area contributed by atoms with E-state index >= 15 is 0 Å². The molecule has 1 aliphatic rings. The Hall–Kier alpha value is -0.370. The quantitative estimate of drug-likeness (QED) is 0.595. The summed E-state index contributed by atoms with van der Waals surface area (Å²) in [5.41, 5.74) is 0. The Balaban J connectivity index is 2.32. The molecule has 9 heavy (non-hydrogen) atoms. The highest BCUT2D eigenvalue weighted by molar-refractivity contribution is 5.82. The van der Waals surface area contributed by atoms with Crippen LogP contribution in [0.1, 0.15) is 25.7 Å². The predicted molar refractivity (Wildman–Crippen MR) is 34.1 cm³/mol. The molecule has 2 nitrogen and oxygen atoms in total. The average Bonchev–Trinajstić information content (AvgIpc) is 2.37. The lowest BCUT2D eigenvalue weighted by Gasteiger charge is -2.02. The standard InChI is InChI=1S/C7H12O2/c8-5-7(9)6-3-1-2-4-6/h6,8H,1-5H2. The molecule has 0 aromatic heterocycles. The van der Waals surface area contributed by atoms with Crippen LogP contribution in [0.15, 0.2) is 0 Å². The van der Waals surface area contributed by atoms with Crippen molar-refractivity contribution in [3.05, 3.63) is 0 Å². The third-order valence-electron chi connectivity index (χ3n) is 1.97. The van der Waals surface area contributed by atoms with Crippen LogP contribution >= 0.6 is 0 Å². The molecule has 1 N–H and O–H groups in total. The number of rotatable bonds is 2. The monoisotopic (exact) mass is 128 g/mol. The van der Waals surface area contributed by atoms with Gasteiger partial charge in [0.15, 0.2) is 5.78 Å². The molecule has 0 saturated heterocycles. The summed E-state index contributed by atoms with van der Waals surface area (Å²) in [4.78, 5) is 10.8. The summed E-state index contributed by atoms with van der Waals surface area (Å²) >= 11 is 0. The second-order valence-corrected chi connectivity index (χ2v) is 2.61. The minimum absolute atomic E-state index is 0.0347. The Labute approximate surface area is 54.9 Å². The molecule has 1 rings (SSSR count). The highest BCUT2D eigenvalue weighted by Gasteiger charge is 2.20. The number of carbonyl (C=O) groups excluding carboxylic acids is 1. The van der Waals surface area contributed by atoms with Gasteiger partial charge in [0, 0.05) is 5.92 Å². The maximum atomic E-state index is 10.8. The molecular weight excluding hydrogens is 116 g/mol. The van der Waals surface area contributed by atoms with E-state index in [1.54, 1.807) is 0 Å². The fraction of sp³-hybridized carbons (Fsp3) is 0.857. The summed E-state index contributed by atoms with van der Waals surface area (Å²) in [6.07, 6.45) is 4.32. The molecule has 0 spiro atoms.